The molecule has 17 heavy (non-hydrogen) atoms. The molecule has 2 aliphatic carbocycles. The van der Waals surface area contributed by atoms with Gasteiger partial charge in [0.25, 0.3) is 0 Å². The molecule has 0 saturated heterocycles. The third-order valence-electron chi connectivity index (χ3n) is 4.19. The maximum atomic E-state index is 14.1. The molecular formula is C13H16FNO2. The van der Waals surface area contributed by atoms with Crippen molar-refractivity contribution < 1.29 is 14.2 Å². The van der Waals surface area contributed by atoms with E-state index in [1.807, 2.05) is 0 Å². The molecule has 2 fully saturated rings. The van der Waals surface area contributed by atoms with E-state index in [1.165, 1.54) is 13.3 Å². The van der Waals surface area contributed by atoms with Crippen LogP contribution in [0.1, 0.15) is 31.2 Å². The van der Waals surface area contributed by atoms with Gasteiger partial charge in [-0.2, -0.15) is 0 Å². The Hall–Kier alpha value is -1.16. The van der Waals surface area contributed by atoms with Crippen molar-refractivity contribution >= 4 is 0 Å². The Bertz CT molecular complexity index is 451. The van der Waals surface area contributed by atoms with E-state index in [-0.39, 0.29) is 11.8 Å². The highest BCUT2D eigenvalue weighted by Gasteiger charge is 2.55. The Morgan fingerprint density at radius 2 is 2.41 bits per heavy atom. The Morgan fingerprint density at radius 1 is 1.59 bits per heavy atom. The van der Waals surface area contributed by atoms with Gasteiger partial charge in [-0.3, -0.25) is 0 Å². The van der Waals surface area contributed by atoms with Crippen LogP contribution in [0.15, 0.2) is 12.3 Å². The summed E-state index contributed by atoms with van der Waals surface area (Å²) in [6.45, 7) is 0. The lowest BCUT2D eigenvalue weighted by Crippen LogP contribution is -2.33. The number of pyridine rings is 1. The van der Waals surface area contributed by atoms with Gasteiger partial charge in [0.2, 0.25) is 5.88 Å². The monoisotopic (exact) mass is 237 g/mol. The Kier molecular flexibility index (Phi) is 2.36. The van der Waals surface area contributed by atoms with Crippen molar-refractivity contribution in [3.8, 4) is 5.88 Å². The first-order chi connectivity index (χ1) is 8.16. The number of hydrogen-bond donors (Lipinski definition) is 1. The van der Waals surface area contributed by atoms with E-state index >= 15 is 0 Å². The van der Waals surface area contributed by atoms with Crippen LogP contribution in [-0.2, 0) is 5.60 Å². The van der Waals surface area contributed by atoms with Crippen molar-refractivity contribution in [3.05, 3.63) is 23.6 Å². The molecular weight excluding hydrogens is 221 g/mol. The van der Waals surface area contributed by atoms with Crippen molar-refractivity contribution in [2.75, 3.05) is 7.11 Å². The largest absolute Gasteiger partial charge is 0.479 e. The third kappa shape index (κ3) is 1.54. The zero-order chi connectivity index (χ0) is 12.0. The number of fused-ring (bicyclic) bond motifs is 1. The lowest BCUT2D eigenvalue weighted by atomic mass is 9.79. The summed E-state index contributed by atoms with van der Waals surface area (Å²) in [6, 6.07) is 1.58. The first kappa shape index (κ1) is 11.0. The second-order valence-electron chi connectivity index (χ2n) is 5.10. The molecule has 1 N–H and O–H groups in total. The molecule has 0 spiro atoms. The zero-order valence-corrected chi connectivity index (χ0v) is 9.82. The minimum absolute atomic E-state index is 0.0290. The van der Waals surface area contributed by atoms with Crippen LogP contribution in [0.5, 0.6) is 5.88 Å². The van der Waals surface area contributed by atoms with E-state index in [0.717, 1.165) is 19.3 Å². The topological polar surface area (TPSA) is 42.4 Å². The van der Waals surface area contributed by atoms with Crippen LogP contribution in [0.25, 0.3) is 0 Å². The molecule has 3 rings (SSSR count). The van der Waals surface area contributed by atoms with Gasteiger partial charge in [0.1, 0.15) is 0 Å². The summed E-state index contributed by atoms with van der Waals surface area (Å²) in [5.41, 5.74) is -0.653. The molecule has 0 aromatic carbocycles. The maximum Gasteiger partial charge on any atom is 0.250 e. The normalized spacial score (nSPS) is 35.2. The number of halogens is 1. The predicted molar refractivity (Wildman–Crippen MR) is 60.1 cm³/mol. The molecule has 3 atom stereocenters. The molecule has 2 saturated carbocycles. The van der Waals surface area contributed by atoms with Crippen molar-refractivity contribution in [2.24, 2.45) is 11.8 Å². The number of methoxy groups -OCH3 is 1. The second kappa shape index (κ2) is 3.67. The highest BCUT2D eigenvalue weighted by atomic mass is 19.1. The molecule has 1 aromatic heterocycles. The minimum atomic E-state index is -1.01. The number of aromatic nitrogens is 1. The molecule has 0 bridgehead atoms. The molecule has 0 amide bonds. The number of rotatable bonds is 2. The molecule has 1 heterocycles. The fourth-order valence-electron chi connectivity index (χ4n) is 3.21. The van der Waals surface area contributed by atoms with Crippen molar-refractivity contribution in [1.29, 1.82) is 0 Å². The summed E-state index contributed by atoms with van der Waals surface area (Å²) >= 11 is 0. The third-order valence-corrected chi connectivity index (χ3v) is 4.19. The molecule has 1 aromatic rings. The van der Waals surface area contributed by atoms with E-state index in [9.17, 15) is 9.50 Å². The number of ether oxygens (including phenoxy) is 1. The molecule has 0 radical (unpaired) electrons. The number of aliphatic hydroxyl groups is 1. The molecule has 3 unspecified atom stereocenters. The predicted octanol–water partition coefficient (Wildman–Crippen LogP) is 2.24. The average molecular weight is 237 g/mol. The summed E-state index contributed by atoms with van der Waals surface area (Å²) in [4.78, 5) is 3.81. The Balaban J connectivity index is 2.03. The maximum absolute atomic E-state index is 14.1. The fraction of sp³-hybridized carbons (Fsp3) is 0.615. The van der Waals surface area contributed by atoms with Crippen LogP contribution in [0.4, 0.5) is 4.39 Å². The van der Waals surface area contributed by atoms with Gasteiger partial charge in [-0.15, -0.1) is 0 Å². The zero-order valence-electron chi connectivity index (χ0n) is 9.82. The summed E-state index contributed by atoms with van der Waals surface area (Å²) < 4.78 is 19.0. The van der Waals surface area contributed by atoms with E-state index in [0.29, 0.717) is 17.9 Å². The lowest BCUT2D eigenvalue weighted by molar-refractivity contribution is -0.0195. The highest BCUT2D eigenvalue weighted by Crippen LogP contribution is 2.59. The van der Waals surface area contributed by atoms with Gasteiger partial charge < -0.3 is 9.84 Å². The van der Waals surface area contributed by atoms with Gasteiger partial charge in [0.05, 0.1) is 12.7 Å². The number of hydrogen-bond acceptors (Lipinski definition) is 3. The van der Waals surface area contributed by atoms with Gasteiger partial charge >= 0.3 is 0 Å². The number of nitrogens with zero attached hydrogens (tertiary/aromatic N) is 1. The van der Waals surface area contributed by atoms with Crippen molar-refractivity contribution in [1.82, 2.24) is 4.98 Å². The van der Waals surface area contributed by atoms with Crippen molar-refractivity contribution in [3.63, 3.8) is 0 Å². The summed E-state index contributed by atoms with van der Waals surface area (Å²) in [7, 11) is 1.39. The molecule has 0 aliphatic heterocycles. The fourth-order valence-corrected chi connectivity index (χ4v) is 3.21. The standard InChI is InChI=1S/C13H16FNO2/c1-17-12-11(14)9(4-6-15-12)13(16)5-2-3-8-7-10(8)13/h4,6,8,10,16H,2-3,5,7H2,1H3. The van der Waals surface area contributed by atoms with Crippen LogP contribution < -0.4 is 4.74 Å². The van der Waals surface area contributed by atoms with E-state index < -0.39 is 11.4 Å². The molecule has 2 aliphatic rings. The molecule has 4 heteroatoms. The summed E-state index contributed by atoms with van der Waals surface area (Å²) in [5, 5.41) is 10.7. The van der Waals surface area contributed by atoms with Gasteiger partial charge in [-0.05, 0) is 43.6 Å². The smallest absolute Gasteiger partial charge is 0.250 e. The van der Waals surface area contributed by atoms with Gasteiger partial charge in [0, 0.05) is 11.8 Å². The van der Waals surface area contributed by atoms with Crippen LogP contribution in [0, 0.1) is 17.7 Å². The first-order valence-electron chi connectivity index (χ1n) is 6.08. The van der Waals surface area contributed by atoms with Crippen LogP contribution >= 0.6 is 0 Å². The molecule has 3 nitrogen and oxygen atoms in total. The van der Waals surface area contributed by atoms with E-state index in [1.54, 1.807) is 6.07 Å². The highest BCUT2D eigenvalue weighted by molar-refractivity contribution is 5.32. The second-order valence-corrected chi connectivity index (χ2v) is 5.10. The van der Waals surface area contributed by atoms with Gasteiger partial charge in [0.15, 0.2) is 5.82 Å². The SMILES string of the molecule is COc1nccc(C2(O)CCCC3CC32)c1F. The lowest BCUT2D eigenvalue weighted by Gasteiger charge is -2.32. The summed E-state index contributed by atoms with van der Waals surface area (Å²) in [5.74, 6) is 0.258. The Morgan fingerprint density at radius 3 is 3.18 bits per heavy atom. The quantitative estimate of drug-likeness (QED) is 0.857. The Labute approximate surface area is 99.6 Å². The minimum Gasteiger partial charge on any atom is -0.479 e. The van der Waals surface area contributed by atoms with Gasteiger partial charge in [-0.1, -0.05) is 0 Å². The van der Waals surface area contributed by atoms with Crippen LogP contribution in [0.2, 0.25) is 0 Å². The van der Waals surface area contributed by atoms with E-state index in [4.69, 9.17) is 4.74 Å². The van der Waals surface area contributed by atoms with Crippen LogP contribution in [-0.4, -0.2) is 17.2 Å². The molecule has 92 valence electrons. The summed E-state index contributed by atoms with van der Waals surface area (Å²) in [6.07, 6.45) is 5.28. The average Bonchev–Trinajstić information content (AvgIpc) is 3.10. The van der Waals surface area contributed by atoms with Crippen molar-refractivity contribution in [2.45, 2.75) is 31.3 Å². The van der Waals surface area contributed by atoms with E-state index in [2.05, 4.69) is 4.98 Å². The van der Waals surface area contributed by atoms with Crippen LogP contribution in [0.3, 0.4) is 0 Å². The first-order valence-corrected chi connectivity index (χ1v) is 6.08. The van der Waals surface area contributed by atoms with Gasteiger partial charge in [-0.25, -0.2) is 9.37 Å².